The van der Waals surface area contributed by atoms with Crippen LogP contribution in [0.1, 0.15) is 34.1 Å². The molecule has 23 heavy (non-hydrogen) atoms. The standard InChI is InChI=1S/C18H18N4O/c1-12-10-19-21-17(12)14-8-9-22(11-14)18(23)16-7-6-13-4-2-3-5-15(13)20-16/h2-7,10,14H,8-9,11H2,1H3,(H,19,21)/t14-/m0/s1. The number of carbonyl (C=O) groups is 1. The number of fused-ring (bicyclic) bond motifs is 1. The minimum absolute atomic E-state index is 0.00965. The number of aromatic amines is 1. The van der Waals surface area contributed by atoms with Gasteiger partial charge >= 0.3 is 0 Å². The predicted molar refractivity (Wildman–Crippen MR) is 88.3 cm³/mol. The van der Waals surface area contributed by atoms with Gasteiger partial charge in [-0.15, -0.1) is 0 Å². The van der Waals surface area contributed by atoms with Gasteiger partial charge in [0.1, 0.15) is 5.69 Å². The SMILES string of the molecule is Cc1cn[nH]c1[C@H]1CCN(C(=O)c2ccc3ccccc3n2)C1. The summed E-state index contributed by atoms with van der Waals surface area (Å²) in [6.45, 7) is 3.53. The number of hydrogen-bond donors (Lipinski definition) is 1. The molecule has 0 bridgehead atoms. The highest BCUT2D eigenvalue weighted by molar-refractivity contribution is 5.95. The highest BCUT2D eigenvalue weighted by Gasteiger charge is 2.30. The van der Waals surface area contributed by atoms with Gasteiger partial charge < -0.3 is 4.90 Å². The number of nitrogens with one attached hydrogen (secondary N) is 1. The number of rotatable bonds is 2. The Labute approximate surface area is 134 Å². The number of nitrogens with zero attached hydrogens (tertiary/aromatic N) is 3. The fourth-order valence-corrected chi connectivity index (χ4v) is 3.30. The molecule has 3 aromatic rings. The first kappa shape index (κ1) is 13.9. The van der Waals surface area contributed by atoms with Crippen LogP contribution in [-0.4, -0.2) is 39.1 Å². The number of H-pyrrole nitrogens is 1. The number of benzene rings is 1. The van der Waals surface area contributed by atoms with Crippen molar-refractivity contribution in [2.75, 3.05) is 13.1 Å². The molecule has 1 amide bonds. The van der Waals surface area contributed by atoms with Crippen LogP contribution in [0.4, 0.5) is 0 Å². The zero-order valence-corrected chi connectivity index (χ0v) is 13.0. The largest absolute Gasteiger partial charge is 0.337 e. The van der Waals surface area contributed by atoms with E-state index < -0.39 is 0 Å². The minimum Gasteiger partial charge on any atom is -0.337 e. The van der Waals surface area contributed by atoms with E-state index in [-0.39, 0.29) is 5.91 Å². The first-order chi connectivity index (χ1) is 11.2. The van der Waals surface area contributed by atoms with E-state index in [1.807, 2.05) is 54.4 Å². The fourth-order valence-electron chi connectivity index (χ4n) is 3.30. The molecule has 3 heterocycles. The quantitative estimate of drug-likeness (QED) is 0.792. The molecule has 0 spiro atoms. The van der Waals surface area contributed by atoms with Crippen molar-refractivity contribution in [1.29, 1.82) is 0 Å². The maximum absolute atomic E-state index is 12.7. The van der Waals surface area contributed by atoms with E-state index >= 15 is 0 Å². The molecule has 1 saturated heterocycles. The Morgan fingerprint density at radius 1 is 1.26 bits per heavy atom. The van der Waals surface area contributed by atoms with Gasteiger partial charge in [-0.1, -0.05) is 24.3 Å². The van der Waals surface area contributed by atoms with E-state index in [9.17, 15) is 4.79 Å². The molecule has 1 aliphatic heterocycles. The lowest BCUT2D eigenvalue weighted by Crippen LogP contribution is -2.29. The van der Waals surface area contributed by atoms with Crippen molar-refractivity contribution >= 4 is 16.8 Å². The van der Waals surface area contributed by atoms with E-state index in [0.29, 0.717) is 11.6 Å². The Hall–Kier alpha value is -2.69. The Balaban J connectivity index is 1.56. The Bertz CT molecular complexity index is 870. The van der Waals surface area contributed by atoms with Crippen LogP contribution in [0.15, 0.2) is 42.6 Å². The van der Waals surface area contributed by atoms with Gasteiger partial charge in [-0.2, -0.15) is 5.10 Å². The Morgan fingerprint density at radius 2 is 2.13 bits per heavy atom. The summed E-state index contributed by atoms with van der Waals surface area (Å²) < 4.78 is 0. The second-order valence-electron chi connectivity index (χ2n) is 6.09. The maximum atomic E-state index is 12.7. The van der Waals surface area contributed by atoms with Crippen molar-refractivity contribution in [1.82, 2.24) is 20.1 Å². The third kappa shape index (κ3) is 2.48. The zero-order chi connectivity index (χ0) is 15.8. The molecule has 5 nitrogen and oxygen atoms in total. The molecule has 5 heteroatoms. The van der Waals surface area contributed by atoms with E-state index in [0.717, 1.165) is 41.7 Å². The molecule has 0 unspecified atom stereocenters. The monoisotopic (exact) mass is 306 g/mol. The minimum atomic E-state index is 0.00965. The van der Waals surface area contributed by atoms with Crippen LogP contribution in [0.5, 0.6) is 0 Å². The third-order valence-corrected chi connectivity index (χ3v) is 4.57. The summed E-state index contributed by atoms with van der Waals surface area (Å²) in [5.41, 5.74) is 3.68. The van der Waals surface area contributed by atoms with Crippen LogP contribution in [0.3, 0.4) is 0 Å². The second-order valence-corrected chi connectivity index (χ2v) is 6.09. The topological polar surface area (TPSA) is 61.9 Å². The summed E-state index contributed by atoms with van der Waals surface area (Å²) >= 11 is 0. The molecule has 1 atom stereocenters. The first-order valence-corrected chi connectivity index (χ1v) is 7.87. The van der Waals surface area contributed by atoms with Crippen LogP contribution in [0.25, 0.3) is 10.9 Å². The lowest BCUT2D eigenvalue weighted by molar-refractivity contribution is 0.0785. The number of hydrogen-bond acceptors (Lipinski definition) is 3. The van der Waals surface area contributed by atoms with Crippen LogP contribution < -0.4 is 0 Å². The molecule has 1 aromatic carbocycles. The van der Waals surface area contributed by atoms with Crippen molar-refractivity contribution in [3.8, 4) is 0 Å². The Kier molecular flexibility index (Phi) is 3.33. The van der Waals surface area contributed by atoms with Crippen molar-refractivity contribution in [3.63, 3.8) is 0 Å². The average Bonchev–Trinajstić information content (AvgIpc) is 3.22. The van der Waals surface area contributed by atoms with Gasteiger partial charge in [-0.05, 0) is 31.0 Å². The van der Waals surface area contributed by atoms with Crippen LogP contribution in [-0.2, 0) is 0 Å². The van der Waals surface area contributed by atoms with Gasteiger partial charge in [-0.25, -0.2) is 4.98 Å². The summed E-state index contributed by atoms with van der Waals surface area (Å²) in [7, 11) is 0. The normalized spacial score (nSPS) is 17.8. The summed E-state index contributed by atoms with van der Waals surface area (Å²) in [4.78, 5) is 19.1. The summed E-state index contributed by atoms with van der Waals surface area (Å²) in [5, 5.41) is 8.21. The van der Waals surface area contributed by atoms with Gasteiger partial charge in [0.2, 0.25) is 0 Å². The van der Waals surface area contributed by atoms with Crippen LogP contribution >= 0.6 is 0 Å². The smallest absolute Gasteiger partial charge is 0.272 e. The summed E-state index contributed by atoms with van der Waals surface area (Å²) in [5.74, 6) is 0.345. The molecule has 1 aliphatic rings. The summed E-state index contributed by atoms with van der Waals surface area (Å²) in [6.07, 6.45) is 2.80. The van der Waals surface area contributed by atoms with E-state index in [1.54, 1.807) is 0 Å². The van der Waals surface area contributed by atoms with Crippen molar-refractivity contribution in [2.24, 2.45) is 0 Å². The number of amides is 1. The van der Waals surface area contributed by atoms with Gasteiger partial charge in [0.15, 0.2) is 0 Å². The third-order valence-electron chi connectivity index (χ3n) is 4.57. The average molecular weight is 306 g/mol. The van der Waals surface area contributed by atoms with Crippen molar-refractivity contribution in [2.45, 2.75) is 19.3 Å². The molecule has 116 valence electrons. The van der Waals surface area contributed by atoms with E-state index in [2.05, 4.69) is 15.2 Å². The number of likely N-dealkylation sites (tertiary alicyclic amines) is 1. The van der Waals surface area contributed by atoms with Crippen molar-refractivity contribution in [3.05, 3.63) is 59.5 Å². The lowest BCUT2D eigenvalue weighted by Gasteiger charge is -2.16. The van der Waals surface area contributed by atoms with Gasteiger partial charge in [-0.3, -0.25) is 9.89 Å². The van der Waals surface area contributed by atoms with Gasteiger partial charge in [0.25, 0.3) is 5.91 Å². The van der Waals surface area contributed by atoms with Crippen LogP contribution in [0, 0.1) is 6.92 Å². The summed E-state index contributed by atoms with van der Waals surface area (Å²) in [6, 6.07) is 11.6. The van der Waals surface area contributed by atoms with Gasteiger partial charge in [0.05, 0.1) is 11.7 Å². The fraction of sp³-hybridized carbons (Fsp3) is 0.278. The van der Waals surface area contributed by atoms with E-state index in [1.165, 1.54) is 0 Å². The highest BCUT2D eigenvalue weighted by atomic mass is 16.2. The lowest BCUT2D eigenvalue weighted by atomic mass is 10.0. The first-order valence-electron chi connectivity index (χ1n) is 7.87. The molecular formula is C18H18N4O. The van der Waals surface area contributed by atoms with E-state index in [4.69, 9.17) is 0 Å². The predicted octanol–water partition coefficient (Wildman–Crippen LogP) is 2.90. The molecule has 0 saturated carbocycles. The molecule has 2 aromatic heterocycles. The Morgan fingerprint density at radius 3 is 2.96 bits per heavy atom. The molecule has 0 aliphatic carbocycles. The molecule has 0 radical (unpaired) electrons. The zero-order valence-electron chi connectivity index (χ0n) is 13.0. The molecule has 4 rings (SSSR count). The number of pyridine rings is 1. The molecule has 1 fully saturated rings. The maximum Gasteiger partial charge on any atom is 0.272 e. The van der Waals surface area contributed by atoms with Crippen molar-refractivity contribution < 1.29 is 4.79 Å². The van der Waals surface area contributed by atoms with Gasteiger partial charge in [0, 0.05) is 30.1 Å². The number of aryl methyl sites for hydroxylation is 1. The molecule has 1 N–H and O–H groups in total. The van der Waals surface area contributed by atoms with Crippen LogP contribution in [0.2, 0.25) is 0 Å². The second kappa shape index (κ2) is 5.50. The molecular weight excluding hydrogens is 288 g/mol. The highest BCUT2D eigenvalue weighted by Crippen LogP contribution is 2.28. The number of aromatic nitrogens is 3. The number of carbonyl (C=O) groups excluding carboxylic acids is 1. The number of para-hydroxylation sites is 1.